The van der Waals surface area contributed by atoms with Crippen LogP contribution in [0.3, 0.4) is 0 Å². The van der Waals surface area contributed by atoms with Gasteiger partial charge in [0.1, 0.15) is 10.7 Å². The van der Waals surface area contributed by atoms with Gasteiger partial charge in [0.2, 0.25) is 0 Å². The Bertz CT molecular complexity index is 1020. The van der Waals surface area contributed by atoms with E-state index in [0.717, 1.165) is 51.6 Å². The first-order chi connectivity index (χ1) is 13.0. The van der Waals surface area contributed by atoms with Crippen LogP contribution in [0.5, 0.6) is 0 Å². The molecule has 27 heavy (non-hydrogen) atoms. The Labute approximate surface area is 165 Å². The molecule has 0 saturated heterocycles. The van der Waals surface area contributed by atoms with Crippen molar-refractivity contribution >= 4 is 39.5 Å². The maximum absolute atomic E-state index is 13.0. The van der Waals surface area contributed by atoms with Crippen molar-refractivity contribution in [2.45, 2.75) is 32.6 Å². The van der Waals surface area contributed by atoms with Gasteiger partial charge in [-0.05, 0) is 43.7 Å². The molecule has 1 aliphatic rings. The van der Waals surface area contributed by atoms with E-state index in [1.807, 2.05) is 37.3 Å². The zero-order valence-corrected chi connectivity index (χ0v) is 16.5. The van der Waals surface area contributed by atoms with Crippen LogP contribution >= 0.6 is 22.7 Å². The molecular weight excluding hydrogens is 378 g/mol. The zero-order valence-electron chi connectivity index (χ0n) is 14.9. The number of thiophene rings is 1. The summed E-state index contributed by atoms with van der Waals surface area (Å²) >= 11 is 2.95. The third kappa shape index (κ3) is 3.40. The molecule has 0 spiro atoms. The summed E-state index contributed by atoms with van der Waals surface area (Å²) in [5.74, 6) is -0.790. The van der Waals surface area contributed by atoms with Crippen LogP contribution < -0.4 is 11.1 Å². The number of primary amides is 1. The summed E-state index contributed by atoms with van der Waals surface area (Å²) in [4.78, 5) is 31.4. The van der Waals surface area contributed by atoms with Crippen LogP contribution in [0.15, 0.2) is 30.3 Å². The third-order valence-corrected chi connectivity index (χ3v) is 6.86. The summed E-state index contributed by atoms with van der Waals surface area (Å²) in [6.07, 6.45) is 3.91. The molecule has 2 heterocycles. The van der Waals surface area contributed by atoms with Gasteiger partial charge in [0.25, 0.3) is 11.8 Å². The highest BCUT2D eigenvalue weighted by Crippen LogP contribution is 2.38. The molecule has 4 rings (SSSR count). The van der Waals surface area contributed by atoms with Gasteiger partial charge in [-0.3, -0.25) is 9.59 Å². The van der Waals surface area contributed by atoms with Crippen molar-refractivity contribution in [1.82, 2.24) is 4.98 Å². The number of hydrogen-bond donors (Lipinski definition) is 2. The van der Waals surface area contributed by atoms with Gasteiger partial charge in [0.05, 0.1) is 15.4 Å². The Morgan fingerprint density at radius 1 is 1.11 bits per heavy atom. The fourth-order valence-corrected chi connectivity index (χ4v) is 5.65. The smallest absolute Gasteiger partial charge is 0.276 e. The largest absolute Gasteiger partial charge is 0.365 e. The Balaban J connectivity index is 1.70. The van der Waals surface area contributed by atoms with Gasteiger partial charge in [-0.25, -0.2) is 4.98 Å². The van der Waals surface area contributed by atoms with E-state index in [2.05, 4.69) is 10.3 Å². The van der Waals surface area contributed by atoms with E-state index in [9.17, 15) is 9.59 Å². The minimum absolute atomic E-state index is 0.306. The fourth-order valence-electron chi connectivity index (χ4n) is 3.44. The lowest BCUT2D eigenvalue weighted by atomic mass is 9.95. The third-order valence-electron chi connectivity index (χ3n) is 4.63. The molecule has 2 amide bonds. The normalized spacial score (nSPS) is 13.2. The summed E-state index contributed by atoms with van der Waals surface area (Å²) in [5.41, 5.74) is 8.43. The number of nitrogens with one attached hydrogen (secondary N) is 1. The molecule has 0 atom stereocenters. The highest BCUT2D eigenvalue weighted by Gasteiger charge is 2.26. The highest BCUT2D eigenvalue weighted by atomic mass is 32.1. The molecule has 138 valence electrons. The molecule has 0 unspecified atom stereocenters. The Hall–Kier alpha value is -2.51. The van der Waals surface area contributed by atoms with Crippen molar-refractivity contribution in [2.24, 2.45) is 5.73 Å². The first-order valence-electron chi connectivity index (χ1n) is 8.83. The number of carbonyl (C=O) groups excluding carboxylic acids is 2. The molecule has 2 aromatic heterocycles. The second-order valence-electron chi connectivity index (χ2n) is 6.51. The highest BCUT2D eigenvalue weighted by molar-refractivity contribution is 7.17. The number of nitrogens with zero attached hydrogens (tertiary/aromatic N) is 1. The summed E-state index contributed by atoms with van der Waals surface area (Å²) in [6, 6.07) is 9.73. The summed E-state index contributed by atoms with van der Waals surface area (Å²) in [7, 11) is 0. The molecule has 0 bridgehead atoms. The van der Waals surface area contributed by atoms with Crippen molar-refractivity contribution in [2.75, 3.05) is 5.32 Å². The molecule has 5 nitrogen and oxygen atoms in total. The van der Waals surface area contributed by atoms with Crippen LogP contribution in [0.25, 0.3) is 10.4 Å². The standard InChI is InChI=1S/C20H19N3O2S2/c1-11-22-16(17(26-11)12-7-3-2-4-8-12)19(25)23-20-15(18(21)24)13-9-5-6-10-14(13)27-20/h2-4,7-8H,5-6,9-10H2,1H3,(H2,21,24)(H,23,25). The number of rotatable bonds is 4. The lowest BCUT2D eigenvalue weighted by Gasteiger charge is -2.11. The Morgan fingerprint density at radius 2 is 1.85 bits per heavy atom. The first-order valence-corrected chi connectivity index (χ1v) is 10.5. The van der Waals surface area contributed by atoms with Gasteiger partial charge in [0.15, 0.2) is 0 Å². The minimum atomic E-state index is -0.484. The second kappa shape index (κ2) is 7.25. The van der Waals surface area contributed by atoms with Crippen LogP contribution in [0, 0.1) is 6.92 Å². The van der Waals surface area contributed by atoms with E-state index in [4.69, 9.17) is 5.73 Å². The van der Waals surface area contributed by atoms with Crippen LogP contribution in [0.2, 0.25) is 0 Å². The maximum Gasteiger partial charge on any atom is 0.276 e. The van der Waals surface area contributed by atoms with Gasteiger partial charge in [-0.2, -0.15) is 0 Å². The molecule has 3 N–H and O–H groups in total. The summed E-state index contributed by atoms with van der Waals surface area (Å²) in [6.45, 7) is 1.88. The van der Waals surface area contributed by atoms with Crippen LogP contribution in [-0.4, -0.2) is 16.8 Å². The van der Waals surface area contributed by atoms with Gasteiger partial charge < -0.3 is 11.1 Å². The number of benzene rings is 1. The minimum Gasteiger partial charge on any atom is -0.365 e. The monoisotopic (exact) mass is 397 g/mol. The van der Waals surface area contributed by atoms with E-state index >= 15 is 0 Å². The van der Waals surface area contributed by atoms with Gasteiger partial charge in [0, 0.05) is 4.88 Å². The lowest BCUT2D eigenvalue weighted by molar-refractivity contribution is 0.100. The fraction of sp³-hybridized carbons (Fsp3) is 0.250. The molecule has 0 radical (unpaired) electrons. The van der Waals surface area contributed by atoms with E-state index in [1.165, 1.54) is 22.7 Å². The second-order valence-corrected chi connectivity index (χ2v) is 8.82. The average molecular weight is 398 g/mol. The number of fused-ring (bicyclic) bond motifs is 1. The molecule has 7 heteroatoms. The van der Waals surface area contributed by atoms with Gasteiger partial charge in [-0.1, -0.05) is 30.3 Å². The van der Waals surface area contributed by atoms with Crippen molar-refractivity contribution in [3.63, 3.8) is 0 Å². The maximum atomic E-state index is 13.0. The predicted octanol–water partition coefficient (Wildman–Crippen LogP) is 4.41. The number of anilines is 1. The van der Waals surface area contributed by atoms with Gasteiger partial charge >= 0.3 is 0 Å². The SMILES string of the molecule is Cc1nc(C(=O)Nc2sc3c(c2C(N)=O)CCCC3)c(-c2ccccc2)s1. The van der Waals surface area contributed by atoms with Gasteiger partial charge in [-0.15, -0.1) is 22.7 Å². The van der Waals surface area contributed by atoms with E-state index in [0.29, 0.717) is 16.3 Å². The lowest BCUT2D eigenvalue weighted by Crippen LogP contribution is -2.19. The van der Waals surface area contributed by atoms with Crippen molar-refractivity contribution in [1.29, 1.82) is 0 Å². The topological polar surface area (TPSA) is 85.1 Å². The molecule has 3 aromatic rings. The Kier molecular flexibility index (Phi) is 4.80. The first kappa shape index (κ1) is 17.9. The molecule has 1 aromatic carbocycles. The van der Waals surface area contributed by atoms with Crippen molar-refractivity contribution < 1.29 is 9.59 Å². The molecule has 1 aliphatic carbocycles. The molecule has 0 aliphatic heterocycles. The number of amides is 2. The van der Waals surface area contributed by atoms with E-state index in [-0.39, 0.29) is 5.91 Å². The number of aryl methyl sites for hydroxylation is 2. The van der Waals surface area contributed by atoms with Crippen LogP contribution in [-0.2, 0) is 12.8 Å². The molecule has 0 saturated carbocycles. The summed E-state index contributed by atoms with van der Waals surface area (Å²) < 4.78 is 0. The number of thiazole rings is 1. The van der Waals surface area contributed by atoms with Crippen molar-refractivity contribution in [3.8, 4) is 10.4 Å². The quantitative estimate of drug-likeness (QED) is 0.684. The Morgan fingerprint density at radius 3 is 2.59 bits per heavy atom. The predicted molar refractivity (Wildman–Crippen MR) is 110 cm³/mol. The molecular formula is C20H19N3O2S2. The van der Waals surface area contributed by atoms with Crippen molar-refractivity contribution in [3.05, 3.63) is 57.0 Å². The average Bonchev–Trinajstić information content (AvgIpc) is 3.22. The molecule has 0 fully saturated rings. The summed E-state index contributed by atoms with van der Waals surface area (Å²) in [5, 5.41) is 4.28. The number of aromatic nitrogens is 1. The van der Waals surface area contributed by atoms with E-state index < -0.39 is 5.91 Å². The number of nitrogens with two attached hydrogens (primary N) is 1. The van der Waals surface area contributed by atoms with E-state index in [1.54, 1.807) is 0 Å². The number of carbonyl (C=O) groups is 2. The number of hydrogen-bond acceptors (Lipinski definition) is 5. The van der Waals surface area contributed by atoms with Crippen LogP contribution in [0.1, 0.15) is 49.1 Å². The zero-order chi connectivity index (χ0) is 19.0. The van der Waals surface area contributed by atoms with Crippen LogP contribution in [0.4, 0.5) is 5.00 Å².